The van der Waals surface area contributed by atoms with Gasteiger partial charge in [-0.2, -0.15) is 0 Å². The van der Waals surface area contributed by atoms with E-state index in [1.165, 1.54) is 0 Å². The number of ketones is 1. The molecular formula is C16H22N2O3. The molecule has 2 rings (SSSR count). The Morgan fingerprint density at radius 3 is 2.67 bits per heavy atom. The second-order valence-electron chi connectivity index (χ2n) is 5.27. The molecule has 1 aliphatic rings. The molecule has 1 aliphatic heterocycles. The molecule has 0 saturated carbocycles. The summed E-state index contributed by atoms with van der Waals surface area (Å²) in [5.41, 5.74) is 6.39. The van der Waals surface area contributed by atoms with Gasteiger partial charge in [0.2, 0.25) is 0 Å². The van der Waals surface area contributed by atoms with Gasteiger partial charge in [0.25, 0.3) is 0 Å². The van der Waals surface area contributed by atoms with Crippen LogP contribution >= 0.6 is 0 Å². The fourth-order valence-electron chi connectivity index (χ4n) is 2.60. The lowest BCUT2D eigenvalue weighted by molar-refractivity contribution is -0.122. The lowest BCUT2D eigenvalue weighted by Crippen LogP contribution is -2.46. The molecule has 0 aliphatic carbocycles. The Labute approximate surface area is 125 Å². The molecule has 0 aromatic heterocycles. The maximum Gasteiger partial charge on any atom is 0.410 e. The summed E-state index contributed by atoms with van der Waals surface area (Å²) in [6, 6.07) is 9.08. The van der Waals surface area contributed by atoms with Crippen molar-refractivity contribution in [1.82, 2.24) is 4.90 Å². The van der Waals surface area contributed by atoms with Crippen molar-refractivity contribution >= 4 is 11.9 Å². The molecular weight excluding hydrogens is 268 g/mol. The Morgan fingerprint density at radius 2 is 1.95 bits per heavy atom. The topological polar surface area (TPSA) is 72.6 Å². The highest BCUT2D eigenvalue weighted by Crippen LogP contribution is 2.19. The molecule has 21 heavy (non-hydrogen) atoms. The third-order valence-corrected chi connectivity index (χ3v) is 3.77. The zero-order valence-electron chi connectivity index (χ0n) is 12.2. The van der Waals surface area contributed by atoms with Crippen LogP contribution in [0.4, 0.5) is 4.79 Å². The molecule has 1 heterocycles. The first kappa shape index (κ1) is 15.5. The second kappa shape index (κ2) is 7.78. The van der Waals surface area contributed by atoms with E-state index in [0.717, 1.165) is 24.8 Å². The van der Waals surface area contributed by atoms with E-state index in [0.29, 0.717) is 13.0 Å². The molecule has 1 atom stereocenters. The summed E-state index contributed by atoms with van der Waals surface area (Å²) >= 11 is 0. The van der Waals surface area contributed by atoms with Gasteiger partial charge in [-0.25, -0.2) is 4.79 Å². The zero-order valence-corrected chi connectivity index (χ0v) is 12.2. The highest BCUT2D eigenvalue weighted by molar-refractivity contribution is 5.88. The van der Waals surface area contributed by atoms with Crippen LogP contribution in [0.1, 0.15) is 31.2 Å². The van der Waals surface area contributed by atoms with E-state index >= 15 is 0 Å². The van der Waals surface area contributed by atoms with Crippen LogP contribution in [0.15, 0.2) is 30.3 Å². The fraction of sp³-hybridized carbons (Fsp3) is 0.500. The number of rotatable bonds is 4. The summed E-state index contributed by atoms with van der Waals surface area (Å²) in [5.74, 6) is -0.0893. The summed E-state index contributed by atoms with van der Waals surface area (Å²) in [4.78, 5) is 25.7. The van der Waals surface area contributed by atoms with E-state index in [-0.39, 0.29) is 18.9 Å². The molecule has 1 aromatic rings. The van der Waals surface area contributed by atoms with Crippen LogP contribution in [0.5, 0.6) is 0 Å². The summed E-state index contributed by atoms with van der Waals surface area (Å²) in [6.45, 7) is 0.747. The third-order valence-electron chi connectivity index (χ3n) is 3.77. The second-order valence-corrected chi connectivity index (χ2v) is 5.27. The largest absolute Gasteiger partial charge is 0.445 e. The molecule has 2 N–H and O–H groups in total. The molecule has 5 nitrogen and oxygen atoms in total. The van der Waals surface area contributed by atoms with Gasteiger partial charge < -0.3 is 10.5 Å². The summed E-state index contributed by atoms with van der Waals surface area (Å²) in [5, 5.41) is 0. The first-order valence-electron chi connectivity index (χ1n) is 7.42. The monoisotopic (exact) mass is 290 g/mol. The lowest BCUT2D eigenvalue weighted by Gasteiger charge is -2.27. The highest BCUT2D eigenvalue weighted by Gasteiger charge is 2.30. The van der Waals surface area contributed by atoms with Crippen molar-refractivity contribution in [2.24, 2.45) is 5.73 Å². The van der Waals surface area contributed by atoms with Crippen molar-refractivity contribution in [2.75, 3.05) is 13.1 Å². The van der Waals surface area contributed by atoms with Crippen LogP contribution < -0.4 is 5.73 Å². The number of Topliss-reactive ketones (excluding diaryl/α,β-unsaturated/α-hetero) is 1. The fourth-order valence-corrected chi connectivity index (χ4v) is 2.60. The van der Waals surface area contributed by atoms with Crippen molar-refractivity contribution in [3.8, 4) is 0 Å². The van der Waals surface area contributed by atoms with Gasteiger partial charge >= 0.3 is 6.09 Å². The number of carbonyl (C=O) groups excluding carboxylic acids is 2. The standard InChI is InChI=1S/C16H22N2O3/c17-11-15(19)14-9-5-2-6-10-18(14)16(20)21-12-13-7-3-1-4-8-13/h1,3-4,7-8,14H,2,5-6,9-12,17H2. The summed E-state index contributed by atoms with van der Waals surface area (Å²) < 4.78 is 5.34. The molecule has 1 amide bonds. The third kappa shape index (κ3) is 4.29. The van der Waals surface area contributed by atoms with Crippen LogP contribution in [0.3, 0.4) is 0 Å². The number of carbonyl (C=O) groups is 2. The van der Waals surface area contributed by atoms with Gasteiger partial charge in [-0.15, -0.1) is 0 Å². The number of nitrogens with two attached hydrogens (primary N) is 1. The lowest BCUT2D eigenvalue weighted by atomic mass is 10.1. The molecule has 5 heteroatoms. The van der Waals surface area contributed by atoms with Gasteiger partial charge in [-0.1, -0.05) is 43.2 Å². The van der Waals surface area contributed by atoms with Crippen LogP contribution in [0.2, 0.25) is 0 Å². The molecule has 1 unspecified atom stereocenters. The van der Waals surface area contributed by atoms with Crippen molar-refractivity contribution in [2.45, 2.75) is 38.3 Å². The number of amides is 1. The number of hydrogen-bond acceptors (Lipinski definition) is 4. The van der Waals surface area contributed by atoms with Crippen molar-refractivity contribution in [1.29, 1.82) is 0 Å². The minimum absolute atomic E-state index is 0.0346. The van der Waals surface area contributed by atoms with Crippen LogP contribution in [-0.4, -0.2) is 35.9 Å². The van der Waals surface area contributed by atoms with E-state index in [1.54, 1.807) is 4.90 Å². The molecule has 1 fully saturated rings. The Morgan fingerprint density at radius 1 is 1.19 bits per heavy atom. The number of likely N-dealkylation sites (tertiary alicyclic amines) is 1. The van der Waals surface area contributed by atoms with Crippen molar-refractivity contribution < 1.29 is 14.3 Å². The quantitative estimate of drug-likeness (QED) is 0.921. The molecule has 1 saturated heterocycles. The van der Waals surface area contributed by atoms with Gasteiger partial charge in [0.05, 0.1) is 12.6 Å². The molecule has 1 aromatic carbocycles. The predicted octanol–water partition coefficient (Wildman–Crippen LogP) is 2.10. The highest BCUT2D eigenvalue weighted by atomic mass is 16.6. The summed E-state index contributed by atoms with van der Waals surface area (Å²) in [6.07, 6.45) is 3.12. The van der Waals surface area contributed by atoms with Crippen LogP contribution in [0, 0.1) is 0 Å². The molecule has 0 bridgehead atoms. The van der Waals surface area contributed by atoms with Gasteiger partial charge in [0, 0.05) is 6.54 Å². The van der Waals surface area contributed by atoms with Crippen LogP contribution in [0.25, 0.3) is 0 Å². The van der Waals surface area contributed by atoms with Gasteiger partial charge in [-0.05, 0) is 18.4 Å². The van der Waals surface area contributed by atoms with Gasteiger partial charge in [-0.3, -0.25) is 9.69 Å². The van der Waals surface area contributed by atoms with Crippen molar-refractivity contribution in [3.63, 3.8) is 0 Å². The van der Waals surface area contributed by atoms with E-state index in [1.807, 2.05) is 30.3 Å². The predicted molar refractivity (Wildman–Crippen MR) is 79.7 cm³/mol. The van der Waals surface area contributed by atoms with E-state index < -0.39 is 12.1 Å². The Kier molecular flexibility index (Phi) is 5.75. The molecule has 0 radical (unpaired) electrons. The Bertz CT molecular complexity index is 476. The maximum absolute atomic E-state index is 12.3. The minimum atomic E-state index is -0.430. The number of nitrogens with zero attached hydrogens (tertiary/aromatic N) is 1. The van der Waals surface area contributed by atoms with Gasteiger partial charge in [0.1, 0.15) is 6.61 Å². The van der Waals surface area contributed by atoms with E-state index in [9.17, 15) is 9.59 Å². The zero-order chi connectivity index (χ0) is 15.1. The minimum Gasteiger partial charge on any atom is -0.445 e. The number of hydrogen-bond donors (Lipinski definition) is 1. The molecule has 0 spiro atoms. The summed E-state index contributed by atoms with van der Waals surface area (Å²) in [7, 11) is 0. The average molecular weight is 290 g/mol. The SMILES string of the molecule is NCC(=O)C1CCCCCN1C(=O)OCc1ccccc1. The average Bonchev–Trinajstić information content (AvgIpc) is 2.78. The maximum atomic E-state index is 12.3. The van der Waals surface area contributed by atoms with E-state index in [2.05, 4.69) is 0 Å². The number of benzene rings is 1. The smallest absolute Gasteiger partial charge is 0.410 e. The van der Waals surface area contributed by atoms with E-state index in [4.69, 9.17) is 10.5 Å². The van der Waals surface area contributed by atoms with Crippen LogP contribution in [-0.2, 0) is 16.1 Å². The molecule has 114 valence electrons. The normalized spacial score (nSPS) is 18.9. The van der Waals surface area contributed by atoms with Crippen molar-refractivity contribution in [3.05, 3.63) is 35.9 Å². The first-order chi connectivity index (χ1) is 10.2. The van der Waals surface area contributed by atoms with Gasteiger partial charge in [0.15, 0.2) is 5.78 Å². The number of ether oxygens (including phenoxy) is 1. The Balaban J connectivity index is 1.98. The Hall–Kier alpha value is -1.88. The first-order valence-corrected chi connectivity index (χ1v) is 7.42.